The van der Waals surface area contributed by atoms with Gasteiger partial charge in [0.25, 0.3) is 5.91 Å². The molecular weight excluding hydrogens is 428 g/mol. The quantitative estimate of drug-likeness (QED) is 0.570. The Morgan fingerprint density at radius 2 is 1.93 bits per heavy atom. The first-order valence-electron chi connectivity index (χ1n) is 8.71. The van der Waals surface area contributed by atoms with Gasteiger partial charge in [-0.25, -0.2) is 0 Å². The Balaban J connectivity index is 2.02. The third kappa shape index (κ3) is 6.52. The lowest BCUT2D eigenvalue weighted by molar-refractivity contribution is 0.0977. The normalized spacial score (nSPS) is 10.4. The summed E-state index contributed by atoms with van der Waals surface area (Å²) in [6.45, 7) is 6.55. The van der Waals surface area contributed by atoms with Gasteiger partial charge in [0.15, 0.2) is 5.11 Å². The van der Waals surface area contributed by atoms with Gasteiger partial charge in [0.05, 0.1) is 22.9 Å². The number of para-hydroxylation sites is 2. The zero-order chi connectivity index (χ0) is 19.8. The molecule has 0 fully saturated rings. The summed E-state index contributed by atoms with van der Waals surface area (Å²) in [7, 11) is 0. The van der Waals surface area contributed by atoms with Crippen molar-refractivity contribution in [2.45, 2.75) is 33.3 Å². The molecule has 7 heteroatoms. The number of amides is 1. The Morgan fingerprint density at radius 3 is 2.59 bits per heavy atom. The number of benzene rings is 2. The van der Waals surface area contributed by atoms with Gasteiger partial charge < -0.3 is 14.8 Å². The molecule has 0 aliphatic heterocycles. The van der Waals surface area contributed by atoms with Gasteiger partial charge >= 0.3 is 0 Å². The van der Waals surface area contributed by atoms with Crippen LogP contribution in [0.1, 0.15) is 37.6 Å². The molecule has 0 aromatic heterocycles. The monoisotopic (exact) mass is 450 g/mol. The molecule has 5 nitrogen and oxygen atoms in total. The summed E-state index contributed by atoms with van der Waals surface area (Å²) < 4.78 is 12.1. The topological polar surface area (TPSA) is 59.6 Å². The molecule has 2 aromatic rings. The van der Waals surface area contributed by atoms with Crippen molar-refractivity contribution in [1.29, 1.82) is 0 Å². The van der Waals surface area contributed by atoms with Gasteiger partial charge in [-0.2, -0.15) is 0 Å². The van der Waals surface area contributed by atoms with Crippen LogP contribution in [0.2, 0.25) is 0 Å². The largest absolute Gasteiger partial charge is 0.492 e. The van der Waals surface area contributed by atoms with E-state index < -0.39 is 0 Å². The minimum Gasteiger partial charge on any atom is -0.492 e. The Kier molecular flexibility index (Phi) is 8.06. The number of hydrogen-bond acceptors (Lipinski definition) is 4. The highest BCUT2D eigenvalue weighted by Crippen LogP contribution is 2.27. The Morgan fingerprint density at radius 1 is 1.19 bits per heavy atom. The van der Waals surface area contributed by atoms with Crippen LogP contribution in [-0.2, 0) is 0 Å². The second-order valence-corrected chi connectivity index (χ2v) is 7.33. The van der Waals surface area contributed by atoms with Gasteiger partial charge in [-0.05, 0) is 78.7 Å². The van der Waals surface area contributed by atoms with Gasteiger partial charge in [-0.15, -0.1) is 0 Å². The van der Waals surface area contributed by atoms with Crippen LogP contribution < -0.4 is 20.1 Å². The average molecular weight is 451 g/mol. The van der Waals surface area contributed by atoms with Crippen LogP contribution in [0, 0.1) is 0 Å². The van der Waals surface area contributed by atoms with Crippen LogP contribution in [0.3, 0.4) is 0 Å². The molecule has 0 aliphatic carbocycles. The Bertz CT molecular complexity index is 812. The van der Waals surface area contributed by atoms with Crippen LogP contribution in [0.4, 0.5) is 5.69 Å². The molecule has 0 saturated carbocycles. The number of hydrogen-bond donors (Lipinski definition) is 2. The number of ether oxygens (including phenoxy) is 2. The van der Waals surface area contributed by atoms with E-state index in [1.54, 1.807) is 18.2 Å². The van der Waals surface area contributed by atoms with E-state index in [1.807, 2.05) is 45.0 Å². The molecule has 0 aliphatic rings. The molecule has 0 radical (unpaired) electrons. The van der Waals surface area contributed by atoms with Gasteiger partial charge in [0, 0.05) is 5.56 Å². The minimum absolute atomic E-state index is 0.0295. The molecule has 27 heavy (non-hydrogen) atoms. The zero-order valence-electron chi connectivity index (χ0n) is 15.5. The van der Waals surface area contributed by atoms with Crippen LogP contribution in [0.5, 0.6) is 11.5 Å². The van der Waals surface area contributed by atoms with Crippen LogP contribution in [-0.4, -0.2) is 23.7 Å². The molecule has 2 rings (SSSR count). The van der Waals surface area contributed by atoms with Crippen LogP contribution in [0.15, 0.2) is 46.9 Å². The fraction of sp³-hybridized carbons (Fsp3) is 0.300. The first-order chi connectivity index (χ1) is 12.9. The van der Waals surface area contributed by atoms with Gasteiger partial charge in [-0.1, -0.05) is 19.1 Å². The number of thiocarbonyl (C=S) groups is 1. The molecule has 0 saturated heterocycles. The molecular formula is C20H23BrN2O3S. The maximum Gasteiger partial charge on any atom is 0.257 e. The summed E-state index contributed by atoms with van der Waals surface area (Å²) in [6, 6.07) is 12.6. The van der Waals surface area contributed by atoms with E-state index in [0.29, 0.717) is 29.4 Å². The summed E-state index contributed by atoms with van der Waals surface area (Å²) in [4.78, 5) is 12.5. The highest BCUT2D eigenvalue weighted by molar-refractivity contribution is 9.10. The third-order valence-corrected chi connectivity index (χ3v) is 4.20. The average Bonchev–Trinajstić information content (AvgIpc) is 2.61. The summed E-state index contributed by atoms with van der Waals surface area (Å²) in [5, 5.41) is 5.88. The fourth-order valence-corrected chi connectivity index (χ4v) is 2.92. The zero-order valence-corrected chi connectivity index (χ0v) is 17.9. The minimum atomic E-state index is -0.308. The molecule has 2 N–H and O–H groups in total. The lowest BCUT2D eigenvalue weighted by Gasteiger charge is -2.16. The summed E-state index contributed by atoms with van der Waals surface area (Å²) in [5.41, 5.74) is 1.17. The van der Waals surface area contributed by atoms with Crippen molar-refractivity contribution in [3.63, 3.8) is 0 Å². The smallest absolute Gasteiger partial charge is 0.257 e. The number of carbonyl (C=O) groups is 1. The second-order valence-electron chi connectivity index (χ2n) is 6.06. The molecule has 144 valence electrons. The molecule has 1 amide bonds. The summed E-state index contributed by atoms with van der Waals surface area (Å²) >= 11 is 8.69. The summed E-state index contributed by atoms with van der Waals surface area (Å²) in [6.07, 6.45) is 0.943. The number of rotatable bonds is 7. The van der Waals surface area contributed by atoms with Crippen molar-refractivity contribution in [2.24, 2.45) is 0 Å². The van der Waals surface area contributed by atoms with E-state index >= 15 is 0 Å². The predicted octanol–water partition coefficient (Wildman–Crippen LogP) is 5.15. The van der Waals surface area contributed by atoms with E-state index in [2.05, 4.69) is 26.6 Å². The molecule has 0 atom stereocenters. The molecule has 0 unspecified atom stereocenters. The van der Waals surface area contributed by atoms with Crippen LogP contribution >= 0.6 is 28.1 Å². The molecule has 0 heterocycles. The van der Waals surface area contributed by atoms with E-state index in [4.69, 9.17) is 21.7 Å². The van der Waals surface area contributed by atoms with E-state index in [-0.39, 0.29) is 17.1 Å². The van der Waals surface area contributed by atoms with Gasteiger partial charge in [0.1, 0.15) is 11.5 Å². The van der Waals surface area contributed by atoms with Crippen LogP contribution in [0.25, 0.3) is 0 Å². The van der Waals surface area contributed by atoms with Crippen molar-refractivity contribution in [1.82, 2.24) is 5.32 Å². The first kappa shape index (κ1) is 21.2. The second kappa shape index (κ2) is 10.3. The lowest BCUT2D eigenvalue weighted by atomic mass is 10.2. The standard InChI is InChI=1S/C20H23BrN2O3S/c1-4-11-25-17-10-9-14(12-15(17)21)19(24)23-20(27)22-16-7-5-6-8-18(16)26-13(2)3/h5-10,12-13H,4,11H2,1-3H3,(H2,22,23,24,27). The van der Waals surface area contributed by atoms with Crippen molar-refractivity contribution in [3.05, 3.63) is 52.5 Å². The molecule has 0 bridgehead atoms. The maximum absolute atomic E-state index is 12.5. The van der Waals surface area contributed by atoms with Gasteiger partial charge in [0.2, 0.25) is 0 Å². The maximum atomic E-state index is 12.5. The number of carbonyl (C=O) groups excluding carboxylic acids is 1. The molecule has 2 aromatic carbocycles. The van der Waals surface area contributed by atoms with E-state index in [1.165, 1.54) is 0 Å². The van der Waals surface area contributed by atoms with Crippen molar-refractivity contribution < 1.29 is 14.3 Å². The number of halogens is 1. The third-order valence-electron chi connectivity index (χ3n) is 3.38. The highest BCUT2D eigenvalue weighted by Gasteiger charge is 2.12. The lowest BCUT2D eigenvalue weighted by Crippen LogP contribution is -2.34. The van der Waals surface area contributed by atoms with Crippen molar-refractivity contribution >= 4 is 44.9 Å². The highest BCUT2D eigenvalue weighted by atomic mass is 79.9. The van der Waals surface area contributed by atoms with E-state index in [9.17, 15) is 4.79 Å². The first-order valence-corrected chi connectivity index (χ1v) is 9.91. The Labute approximate surface area is 173 Å². The predicted molar refractivity (Wildman–Crippen MR) is 116 cm³/mol. The summed E-state index contributed by atoms with van der Waals surface area (Å²) in [5.74, 6) is 1.07. The number of anilines is 1. The van der Waals surface area contributed by atoms with Gasteiger partial charge in [-0.3, -0.25) is 10.1 Å². The van der Waals surface area contributed by atoms with Crippen molar-refractivity contribution in [3.8, 4) is 11.5 Å². The van der Waals surface area contributed by atoms with Crippen molar-refractivity contribution in [2.75, 3.05) is 11.9 Å². The SMILES string of the molecule is CCCOc1ccc(C(=O)NC(=S)Nc2ccccc2OC(C)C)cc1Br. The Hall–Kier alpha value is -2.12. The number of nitrogens with one attached hydrogen (secondary N) is 2. The molecule has 0 spiro atoms. The fourth-order valence-electron chi connectivity index (χ4n) is 2.23. The van der Waals surface area contributed by atoms with E-state index in [0.717, 1.165) is 10.9 Å².